The summed E-state index contributed by atoms with van der Waals surface area (Å²) in [6.07, 6.45) is 8.14. The predicted molar refractivity (Wildman–Crippen MR) is 101 cm³/mol. The van der Waals surface area contributed by atoms with Crippen molar-refractivity contribution >= 4 is 5.91 Å². The van der Waals surface area contributed by atoms with E-state index in [1.807, 2.05) is 24.3 Å². The van der Waals surface area contributed by atoms with Gasteiger partial charge in [-0.1, -0.05) is 43.9 Å². The topological polar surface area (TPSA) is 65.4 Å². The Morgan fingerprint density at radius 2 is 1.96 bits per heavy atom. The molecule has 2 fully saturated rings. The summed E-state index contributed by atoms with van der Waals surface area (Å²) in [6, 6.07) is 10.8. The normalized spacial score (nSPS) is 19.4. The van der Waals surface area contributed by atoms with E-state index in [0.29, 0.717) is 19.1 Å². The summed E-state index contributed by atoms with van der Waals surface area (Å²) in [5, 5.41) is 12.8. The number of hydrogen-bond acceptors (Lipinski definition) is 4. The van der Waals surface area contributed by atoms with Crippen molar-refractivity contribution < 1.29 is 9.53 Å². The molecule has 0 saturated heterocycles. The molecule has 0 spiro atoms. The summed E-state index contributed by atoms with van der Waals surface area (Å²) in [6.45, 7) is 1.04. The number of carbonyl (C=O) groups excluding carboxylic acids is 1. The van der Waals surface area contributed by atoms with Crippen molar-refractivity contribution in [1.82, 2.24) is 10.2 Å². The number of nitrogens with one attached hydrogen (secondary N) is 1. The molecular weight excluding hydrogens is 326 g/mol. The SMILES string of the molecule is COc1ccccc1CN(CC(=O)NC1(C#N)CCCCCC1)C1CC1. The van der Waals surface area contributed by atoms with Gasteiger partial charge in [0.15, 0.2) is 0 Å². The van der Waals surface area contributed by atoms with E-state index in [1.165, 1.54) is 0 Å². The molecule has 1 N–H and O–H groups in total. The second kappa shape index (κ2) is 8.55. The molecule has 140 valence electrons. The van der Waals surface area contributed by atoms with Crippen molar-refractivity contribution in [3.63, 3.8) is 0 Å². The first-order valence-electron chi connectivity index (χ1n) is 9.74. The Bertz CT molecular complexity index is 655. The number of methoxy groups -OCH3 is 1. The Balaban J connectivity index is 1.64. The van der Waals surface area contributed by atoms with Crippen LogP contribution >= 0.6 is 0 Å². The second-order valence-electron chi connectivity index (χ2n) is 7.60. The molecule has 0 aliphatic heterocycles. The van der Waals surface area contributed by atoms with Gasteiger partial charge >= 0.3 is 0 Å². The van der Waals surface area contributed by atoms with Crippen LogP contribution in [0.2, 0.25) is 0 Å². The number of carbonyl (C=O) groups is 1. The molecule has 1 amide bonds. The number of rotatable bonds is 7. The molecule has 1 aromatic carbocycles. The van der Waals surface area contributed by atoms with Crippen LogP contribution in [0.15, 0.2) is 24.3 Å². The number of ether oxygens (including phenoxy) is 1. The lowest BCUT2D eigenvalue weighted by molar-refractivity contribution is -0.124. The van der Waals surface area contributed by atoms with Crippen LogP contribution in [0, 0.1) is 11.3 Å². The van der Waals surface area contributed by atoms with Gasteiger partial charge in [0.05, 0.1) is 19.7 Å². The van der Waals surface area contributed by atoms with E-state index in [4.69, 9.17) is 4.74 Å². The highest BCUT2D eigenvalue weighted by Gasteiger charge is 2.35. The highest BCUT2D eigenvalue weighted by atomic mass is 16.5. The van der Waals surface area contributed by atoms with Gasteiger partial charge in [0, 0.05) is 18.2 Å². The third kappa shape index (κ3) is 4.76. The van der Waals surface area contributed by atoms with Gasteiger partial charge in [-0.2, -0.15) is 5.26 Å². The van der Waals surface area contributed by atoms with Crippen LogP contribution in [-0.4, -0.2) is 36.0 Å². The Kier molecular flexibility index (Phi) is 6.16. The third-order valence-electron chi connectivity index (χ3n) is 5.53. The number of nitriles is 1. The number of benzene rings is 1. The summed E-state index contributed by atoms with van der Waals surface area (Å²) >= 11 is 0. The second-order valence-corrected chi connectivity index (χ2v) is 7.60. The van der Waals surface area contributed by atoms with E-state index >= 15 is 0 Å². The fraction of sp³-hybridized carbons (Fsp3) is 0.619. The predicted octanol–water partition coefficient (Wildman–Crippen LogP) is 3.39. The first kappa shape index (κ1) is 18.7. The molecule has 0 unspecified atom stereocenters. The van der Waals surface area contributed by atoms with E-state index in [1.54, 1.807) is 7.11 Å². The first-order chi connectivity index (χ1) is 12.7. The molecule has 1 aromatic rings. The number of hydrogen-bond donors (Lipinski definition) is 1. The lowest BCUT2D eigenvalue weighted by Crippen LogP contribution is -2.50. The van der Waals surface area contributed by atoms with Gasteiger partial charge in [0.1, 0.15) is 11.3 Å². The maximum Gasteiger partial charge on any atom is 0.235 e. The first-order valence-corrected chi connectivity index (χ1v) is 9.74. The maximum absolute atomic E-state index is 12.7. The fourth-order valence-corrected chi connectivity index (χ4v) is 3.89. The Hall–Kier alpha value is -2.06. The van der Waals surface area contributed by atoms with Crippen LogP contribution in [0.1, 0.15) is 56.9 Å². The largest absolute Gasteiger partial charge is 0.496 e. The maximum atomic E-state index is 12.7. The molecule has 0 heterocycles. The summed E-state index contributed by atoms with van der Waals surface area (Å²) in [5.41, 5.74) is 0.423. The number of amides is 1. The molecule has 3 rings (SSSR count). The lowest BCUT2D eigenvalue weighted by atomic mass is 9.92. The van der Waals surface area contributed by atoms with Crippen LogP contribution in [0.4, 0.5) is 0 Å². The quantitative estimate of drug-likeness (QED) is 0.762. The van der Waals surface area contributed by atoms with Crippen molar-refractivity contribution in [2.24, 2.45) is 0 Å². The monoisotopic (exact) mass is 355 g/mol. The minimum atomic E-state index is -0.673. The summed E-state index contributed by atoms with van der Waals surface area (Å²) in [4.78, 5) is 15.0. The summed E-state index contributed by atoms with van der Waals surface area (Å²) in [5.74, 6) is 0.825. The van der Waals surface area contributed by atoms with Gasteiger partial charge in [0.2, 0.25) is 5.91 Å². The van der Waals surface area contributed by atoms with Crippen molar-refractivity contribution in [3.05, 3.63) is 29.8 Å². The standard InChI is InChI=1S/C21H29N3O2/c1-26-19-9-5-4-8-17(19)14-24(18-10-11-18)15-20(25)23-21(16-22)12-6-2-3-7-13-21/h4-5,8-9,18H,2-3,6-7,10-15H2,1H3,(H,23,25). The molecule has 2 saturated carbocycles. The van der Waals surface area contributed by atoms with Crippen molar-refractivity contribution in [2.45, 2.75) is 69.5 Å². The van der Waals surface area contributed by atoms with Crippen LogP contribution in [0.5, 0.6) is 5.75 Å². The zero-order chi connectivity index (χ0) is 18.4. The Labute approximate surface area is 156 Å². The van der Waals surface area contributed by atoms with Crippen LogP contribution in [0.25, 0.3) is 0 Å². The molecule has 0 radical (unpaired) electrons. The van der Waals surface area contributed by atoms with Gasteiger partial charge in [-0.3, -0.25) is 9.69 Å². The molecular formula is C21H29N3O2. The van der Waals surface area contributed by atoms with Crippen LogP contribution in [0.3, 0.4) is 0 Å². The highest BCUT2D eigenvalue weighted by Crippen LogP contribution is 2.31. The van der Waals surface area contributed by atoms with Gasteiger partial charge in [-0.05, 0) is 31.7 Å². The van der Waals surface area contributed by atoms with E-state index in [2.05, 4.69) is 16.3 Å². The van der Waals surface area contributed by atoms with Crippen molar-refractivity contribution in [2.75, 3.05) is 13.7 Å². The lowest BCUT2D eigenvalue weighted by Gasteiger charge is -2.29. The van der Waals surface area contributed by atoms with Crippen LogP contribution in [-0.2, 0) is 11.3 Å². The van der Waals surface area contributed by atoms with Crippen molar-refractivity contribution in [1.29, 1.82) is 5.26 Å². The molecule has 0 aromatic heterocycles. The van der Waals surface area contributed by atoms with Gasteiger partial charge in [-0.25, -0.2) is 0 Å². The van der Waals surface area contributed by atoms with E-state index < -0.39 is 5.54 Å². The highest BCUT2D eigenvalue weighted by molar-refractivity contribution is 5.79. The average Bonchev–Trinajstić information content (AvgIpc) is 3.49. The number of nitrogens with zero attached hydrogens (tertiary/aromatic N) is 2. The Morgan fingerprint density at radius 3 is 2.58 bits per heavy atom. The molecule has 5 nitrogen and oxygen atoms in total. The van der Waals surface area contributed by atoms with E-state index in [-0.39, 0.29) is 5.91 Å². The van der Waals surface area contributed by atoms with Gasteiger partial charge < -0.3 is 10.1 Å². The number of para-hydroxylation sites is 1. The smallest absolute Gasteiger partial charge is 0.235 e. The molecule has 26 heavy (non-hydrogen) atoms. The fourth-order valence-electron chi connectivity index (χ4n) is 3.89. The molecule has 0 atom stereocenters. The molecule has 0 bridgehead atoms. The van der Waals surface area contributed by atoms with E-state index in [9.17, 15) is 10.1 Å². The molecule has 2 aliphatic carbocycles. The zero-order valence-corrected chi connectivity index (χ0v) is 15.7. The minimum absolute atomic E-state index is 0.0322. The zero-order valence-electron chi connectivity index (χ0n) is 15.7. The summed E-state index contributed by atoms with van der Waals surface area (Å²) < 4.78 is 5.45. The van der Waals surface area contributed by atoms with Crippen LogP contribution < -0.4 is 10.1 Å². The van der Waals surface area contributed by atoms with Gasteiger partial charge in [0.25, 0.3) is 0 Å². The molecule has 2 aliphatic rings. The van der Waals surface area contributed by atoms with Crippen molar-refractivity contribution in [3.8, 4) is 11.8 Å². The Morgan fingerprint density at radius 1 is 1.27 bits per heavy atom. The van der Waals surface area contributed by atoms with E-state index in [0.717, 1.165) is 62.7 Å². The third-order valence-corrected chi connectivity index (χ3v) is 5.53. The van der Waals surface area contributed by atoms with Gasteiger partial charge in [-0.15, -0.1) is 0 Å². The molecule has 5 heteroatoms. The average molecular weight is 355 g/mol. The minimum Gasteiger partial charge on any atom is -0.496 e. The summed E-state index contributed by atoms with van der Waals surface area (Å²) in [7, 11) is 1.68.